The lowest BCUT2D eigenvalue weighted by Crippen LogP contribution is -2.45. The maximum atomic E-state index is 12.5. The van der Waals surface area contributed by atoms with Gasteiger partial charge in [0.2, 0.25) is 17.7 Å². The van der Waals surface area contributed by atoms with Crippen LogP contribution in [0.2, 0.25) is 0 Å². The Bertz CT molecular complexity index is 508. The number of carbonyl (C=O) groups excluding carboxylic acids is 3. The van der Waals surface area contributed by atoms with Crippen LogP contribution in [0, 0.1) is 17.8 Å². The molecular weight excluding hydrogens is 306 g/mol. The van der Waals surface area contributed by atoms with E-state index in [1.54, 1.807) is 0 Å². The minimum atomic E-state index is -0.317. The average Bonchev–Trinajstić information content (AvgIpc) is 3.27. The molecule has 0 spiro atoms. The zero-order chi connectivity index (χ0) is 17.1. The maximum absolute atomic E-state index is 12.5. The molecule has 6 heteroatoms. The molecule has 3 rings (SSSR count). The summed E-state index contributed by atoms with van der Waals surface area (Å²) in [6.07, 6.45) is 8.87. The van der Waals surface area contributed by atoms with Gasteiger partial charge in [-0.25, -0.2) is 0 Å². The summed E-state index contributed by atoms with van der Waals surface area (Å²) < 4.78 is 0. The van der Waals surface area contributed by atoms with E-state index in [1.807, 2.05) is 4.90 Å². The van der Waals surface area contributed by atoms with E-state index >= 15 is 0 Å². The molecule has 0 aromatic rings. The molecule has 1 aliphatic heterocycles. The fourth-order valence-corrected chi connectivity index (χ4v) is 4.97. The molecule has 0 radical (unpaired) electrons. The van der Waals surface area contributed by atoms with Crippen LogP contribution in [0.25, 0.3) is 0 Å². The van der Waals surface area contributed by atoms with E-state index in [0.717, 1.165) is 43.6 Å². The monoisotopic (exact) mass is 335 g/mol. The molecule has 1 saturated heterocycles. The summed E-state index contributed by atoms with van der Waals surface area (Å²) in [5, 5.41) is 5.05. The number of carbonyl (C=O) groups is 3. The zero-order valence-electron chi connectivity index (χ0n) is 14.6. The van der Waals surface area contributed by atoms with Crippen LogP contribution in [0.1, 0.15) is 51.9 Å². The van der Waals surface area contributed by atoms with Crippen molar-refractivity contribution in [3.8, 4) is 0 Å². The quantitative estimate of drug-likeness (QED) is 0.762. The highest BCUT2D eigenvalue weighted by Crippen LogP contribution is 2.50. The van der Waals surface area contributed by atoms with Crippen LogP contribution in [-0.2, 0) is 14.4 Å². The second kappa shape index (κ2) is 7.53. The summed E-state index contributed by atoms with van der Waals surface area (Å²) in [5.74, 6) is 2.08. The van der Waals surface area contributed by atoms with Crippen LogP contribution in [0.5, 0.6) is 0 Å². The molecule has 2 N–H and O–H groups in total. The number of amides is 3. The van der Waals surface area contributed by atoms with Crippen molar-refractivity contribution < 1.29 is 14.4 Å². The Morgan fingerprint density at radius 3 is 2.54 bits per heavy atom. The summed E-state index contributed by atoms with van der Waals surface area (Å²) in [6, 6.07) is 0.356. The number of nitrogens with zero attached hydrogens (tertiary/aromatic N) is 1. The topological polar surface area (TPSA) is 78.5 Å². The SMILES string of the molecule is CC(=O)NCC(=O)NCC(=O)N1CCC[C@@H]1C[C@@H]1C[C@H]2CC[C@H]1C2. The van der Waals surface area contributed by atoms with Crippen LogP contribution in [0.3, 0.4) is 0 Å². The third-order valence-electron chi connectivity index (χ3n) is 6.09. The van der Waals surface area contributed by atoms with Gasteiger partial charge in [0, 0.05) is 19.5 Å². The van der Waals surface area contributed by atoms with Crippen molar-refractivity contribution in [2.45, 2.75) is 57.9 Å². The summed E-state index contributed by atoms with van der Waals surface area (Å²) in [5.41, 5.74) is 0. The lowest BCUT2D eigenvalue weighted by Gasteiger charge is -2.30. The van der Waals surface area contributed by atoms with Gasteiger partial charge in [0.05, 0.1) is 13.1 Å². The van der Waals surface area contributed by atoms with Crippen LogP contribution in [0.4, 0.5) is 0 Å². The van der Waals surface area contributed by atoms with Gasteiger partial charge in [-0.15, -0.1) is 0 Å². The van der Waals surface area contributed by atoms with E-state index in [1.165, 1.54) is 32.6 Å². The fourth-order valence-electron chi connectivity index (χ4n) is 4.97. The van der Waals surface area contributed by atoms with Gasteiger partial charge >= 0.3 is 0 Å². The van der Waals surface area contributed by atoms with E-state index in [-0.39, 0.29) is 30.8 Å². The normalized spacial score (nSPS) is 31.3. The molecule has 24 heavy (non-hydrogen) atoms. The van der Waals surface area contributed by atoms with E-state index in [9.17, 15) is 14.4 Å². The third kappa shape index (κ3) is 4.08. The number of rotatable bonds is 6. The predicted octanol–water partition coefficient (Wildman–Crippen LogP) is 1.06. The zero-order valence-corrected chi connectivity index (χ0v) is 14.6. The molecule has 4 atom stereocenters. The van der Waals surface area contributed by atoms with Gasteiger partial charge in [-0.3, -0.25) is 14.4 Å². The van der Waals surface area contributed by atoms with E-state index in [2.05, 4.69) is 10.6 Å². The lowest BCUT2D eigenvalue weighted by atomic mass is 9.83. The maximum Gasteiger partial charge on any atom is 0.242 e. The Balaban J connectivity index is 1.43. The fraction of sp³-hybridized carbons (Fsp3) is 0.833. The number of nitrogens with one attached hydrogen (secondary N) is 2. The molecule has 2 bridgehead atoms. The molecule has 2 aliphatic carbocycles. The second-order valence-corrected chi connectivity index (χ2v) is 7.74. The molecule has 6 nitrogen and oxygen atoms in total. The number of fused-ring (bicyclic) bond motifs is 2. The predicted molar refractivity (Wildman–Crippen MR) is 90.0 cm³/mol. The minimum Gasteiger partial charge on any atom is -0.347 e. The molecule has 2 saturated carbocycles. The number of hydrogen-bond donors (Lipinski definition) is 2. The van der Waals surface area contributed by atoms with Crippen LogP contribution < -0.4 is 10.6 Å². The van der Waals surface area contributed by atoms with Crippen molar-refractivity contribution in [3.63, 3.8) is 0 Å². The van der Waals surface area contributed by atoms with Gasteiger partial charge in [-0.05, 0) is 56.3 Å². The van der Waals surface area contributed by atoms with Crippen molar-refractivity contribution in [1.82, 2.24) is 15.5 Å². The first-order valence-corrected chi connectivity index (χ1v) is 9.33. The van der Waals surface area contributed by atoms with Gasteiger partial charge in [-0.1, -0.05) is 6.42 Å². The first-order chi connectivity index (χ1) is 11.5. The highest BCUT2D eigenvalue weighted by Gasteiger charge is 2.41. The van der Waals surface area contributed by atoms with Gasteiger partial charge in [0.15, 0.2) is 0 Å². The van der Waals surface area contributed by atoms with Gasteiger partial charge in [0.1, 0.15) is 0 Å². The molecule has 0 unspecified atom stereocenters. The molecule has 134 valence electrons. The number of likely N-dealkylation sites (tertiary alicyclic amines) is 1. The van der Waals surface area contributed by atoms with Crippen LogP contribution >= 0.6 is 0 Å². The molecule has 3 aliphatic rings. The van der Waals surface area contributed by atoms with Crippen molar-refractivity contribution in [1.29, 1.82) is 0 Å². The molecule has 3 amide bonds. The summed E-state index contributed by atoms with van der Waals surface area (Å²) in [4.78, 5) is 36.8. The molecular formula is C18H29N3O3. The first kappa shape index (κ1) is 17.2. The van der Waals surface area contributed by atoms with Crippen LogP contribution in [-0.4, -0.2) is 48.3 Å². The Morgan fingerprint density at radius 2 is 1.88 bits per heavy atom. The first-order valence-electron chi connectivity index (χ1n) is 9.33. The van der Waals surface area contributed by atoms with Crippen molar-refractivity contribution >= 4 is 17.7 Å². The van der Waals surface area contributed by atoms with Gasteiger partial charge in [-0.2, -0.15) is 0 Å². The summed E-state index contributed by atoms with van der Waals surface area (Å²) in [7, 11) is 0. The summed E-state index contributed by atoms with van der Waals surface area (Å²) in [6.45, 7) is 2.14. The van der Waals surface area contributed by atoms with Gasteiger partial charge in [0.25, 0.3) is 0 Å². The molecule has 0 aromatic carbocycles. The van der Waals surface area contributed by atoms with Crippen molar-refractivity contribution in [3.05, 3.63) is 0 Å². The Hall–Kier alpha value is -1.59. The molecule has 1 heterocycles. The Kier molecular flexibility index (Phi) is 5.41. The Labute approximate surface area is 143 Å². The second-order valence-electron chi connectivity index (χ2n) is 7.74. The van der Waals surface area contributed by atoms with E-state index in [4.69, 9.17) is 0 Å². The van der Waals surface area contributed by atoms with E-state index in [0.29, 0.717) is 6.04 Å². The standard InChI is InChI=1S/C18H29N3O3/c1-12(22)19-10-17(23)20-11-18(24)21-6-2-3-16(21)9-15-8-13-4-5-14(15)7-13/h13-16H,2-11H2,1H3,(H,19,22)(H,20,23)/t13-,14-,15-,16+/m0/s1. The summed E-state index contributed by atoms with van der Waals surface area (Å²) >= 11 is 0. The highest BCUT2D eigenvalue weighted by molar-refractivity contribution is 5.87. The van der Waals surface area contributed by atoms with Gasteiger partial charge < -0.3 is 15.5 Å². The lowest BCUT2D eigenvalue weighted by molar-refractivity contribution is -0.133. The smallest absolute Gasteiger partial charge is 0.242 e. The largest absolute Gasteiger partial charge is 0.347 e. The highest BCUT2D eigenvalue weighted by atomic mass is 16.2. The number of hydrogen-bond acceptors (Lipinski definition) is 3. The van der Waals surface area contributed by atoms with E-state index < -0.39 is 0 Å². The molecule has 3 fully saturated rings. The molecule has 0 aromatic heterocycles. The van der Waals surface area contributed by atoms with Crippen molar-refractivity contribution in [2.24, 2.45) is 17.8 Å². The Morgan fingerprint density at radius 1 is 1.04 bits per heavy atom. The van der Waals surface area contributed by atoms with Crippen molar-refractivity contribution in [2.75, 3.05) is 19.6 Å². The third-order valence-corrected chi connectivity index (χ3v) is 6.09. The minimum absolute atomic E-state index is 0.0110. The van der Waals surface area contributed by atoms with Crippen LogP contribution in [0.15, 0.2) is 0 Å². The average molecular weight is 335 g/mol.